The van der Waals surface area contributed by atoms with Crippen LogP contribution in [-0.4, -0.2) is 9.97 Å². The zero-order valence-corrected chi connectivity index (χ0v) is 21.4. The second kappa shape index (κ2) is 8.63. The predicted octanol–water partition coefficient (Wildman–Crippen LogP) is 7.70. The van der Waals surface area contributed by atoms with Gasteiger partial charge in [-0.3, -0.25) is 4.98 Å². The Hall–Kier alpha value is -3.19. The molecule has 3 rings (SSSR count). The van der Waals surface area contributed by atoms with Gasteiger partial charge in [0.1, 0.15) is 11.8 Å². The van der Waals surface area contributed by atoms with Gasteiger partial charge in [0.25, 0.3) is 0 Å². The lowest BCUT2D eigenvalue weighted by Crippen LogP contribution is -2.13. The van der Waals surface area contributed by atoms with Crippen molar-refractivity contribution in [1.29, 1.82) is 5.26 Å². The molecule has 2 heterocycles. The predicted molar refractivity (Wildman–Crippen MR) is 135 cm³/mol. The Labute approximate surface area is 198 Å². The molecule has 0 saturated heterocycles. The molecule has 3 aromatic rings. The molecule has 0 fully saturated rings. The quantitative estimate of drug-likeness (QED) is 0.418. The molecule has 172 valence electrons. The summed E-state index contributed by atoms with van der Waals surface area (Å²) in [5, 5.41) is 9.75. The van der Waals surface area contributed by atoms with Crippen molar-refractivity contribution in [2.75, 3.05) is 0 Å². The van der Waals surface area contributed by atoms with Gasteiger partial charge in [-0.1, -0.05) is 68.4 Å². The van der Waals surface area contributed by atoms with Crippen LogP contribution in [0.5, 0.6) is 11.6 Å². The summed E-state index contributed by atoms with van der Waals surface area (Å²) in [6, 6.07) is 16.2. The highest BCUT2D eigenvalue weighted by Crippen LogP contribution is 2.34. The maximum atomic E-state index is 9.75. The van der Waals surface area contributed by atoms with Crippen LogP contribution in [0.25, 0.3) is 11.4 Å². The second-order valence-corrected chi connectivity index (χ2v) is 11.7. The van der Waals surface area contributed by atoms with Crippen molar-refractivity contribution in [2.24, 2.45) is 0 Å². The SMILES string of the molecule is CC(C)(C)c1ccnc(-c2cc(C(C)(C)C)cc(Oc3ccc(C(C)(C)C)cc3C#N)n2)c1. The summed E-state index contributed by atoms with van der Waals surface area (Å²) in [5.74, 6) is 0.965. The molecule has 0 atom stereocenters. The molecule has 0 unspecified atom stereocenters. The molecular weight excluding hydrogens is 406 g/mol. The fraction of sp³-hybridized carbons (Fsp3) is 0.414. The van der Waals surface area contributed by atoms with Gasteiger partial charge in [0.2, 0.25) is 5.88 Å². The lowest BCUT2D eigenvalue weighted by molar-refractivity contribution is 0.457. The highest BCUT2D eigenvalue weighted by atomic mass is 16.5. The largest absolute Gasteiger partial charge is 0.438 e. The summed E-state index contributed by atoms with van der Waals surface area (Å²) >= 11 is 0. The Bertz CT molecular complexity index is 1200. The zero-order valence-electron chi connectivity index (χ0n) is 21.4. The van der Waals surface area contributed by atoms with Crippen molar-refractivity contribution in [1.82, 2.24) is 9.97 Å². The van der Waals surface area contributed by atoms with Crippen LogP contribution >= 0.6 is 0 Å². The van der Waals surface area contributed by atoms with Crippen LogP contribution in [0.2, 0.25) is 0 Å². The Kier molecular flexibility index (Phi) is 6.40. The molecule has 0 radical (unpaired) electrons. The molecule has 0 N–H and O–H groups in total. The summed E-state index contributed by atoms with van der Waals surface area (Å²) in [5.41, 5.74) is 5.30. The topological polar surface area (TPSA) is 58.8 Å². The van der Waals surface area contributed by atoms with Crippen LogP contribution in [0.4, 0.5) is 0 Å². The lowest BCUT2D eigenvalue weighted by atomic mass is 9.85. The molecule has 0 aliphatic rings. The number of nitriles is 1. The first-order chi connectivity index (χ1) is 15.2. The first-order valence-electron chi connectivity index (χ1n) is 11.4. The van der Waals surface area contributed by atoms with E-state index in [9.17, 15) is 5.26 Å². The van der Waals surface area contributed by atoms with Gasteiger partial charge in [0, 0.05) is 12.3 Å². The van der Waals surface area contributed by atoms with E-state index in [-0.39, 0.29) is 16.2 Å². The maximum Gasteiger partial charge on any atom is 0.220 e. The molecule has 4 heteroatoms. The number of aromatic nitrogens is 2. The van der Waals surface area contributed by atoms with Gasteiger partial charge in [0.05, 0.1) is 17.0 Å². The highest BCUT2D eigenvalue weighted by molar-refractivity contribution is 5.59. The Morgan fingerprint density at radius 1 is 0.697 bits per heavy atom. The van der Waals surface area contributed by atoms with Gasteiger partial charge in [-0.05, 0) is 63.3 Å². The van der Waals surface area contributed by atoms with Gasteiger partial charge < -0.3 is 4.74 Å². The van der Waals surface area contributed by atoms with Crippen molar-refractivity contribution < 1.29 is 4.74 Å². The summed E-state index contributed by atoms with van der Waals surface area (Å²) in [6.07, 6.45) is 1.83. The summed E-state index contributed by atoms with van der Waals surface area (Å²) in [7, 11) is 0. The third-order valence-corrected chi connectivity index (χ3v) is 5.74. The number of hydrogen-bond donors (Lipinski definition) is 0. The fourth-order valence-electron chi connectivity index (χ4n) is 3.44. The minimum absolute atomic E-state index is 0.00908. The normalized spacial score (nSPS) is 12.4. The molecule has 0 aliphatic heterocycles. The van der Waals surface area contributed by atoms with E-state index in [1.807, 2.05) is 36.5 Å². The average Bonchev–Trinajstić information content (AvgIpc) is 2.72. The van der Waals surface area contributed by atoms with Crippen LogP contribution in [0.15, 0.2) is 48.7 Å². The monoisotopic (exact) mass is 441 g/mol. The average molecular weight is 442 g/mol. The van der Waals surface area contributed by atoms with Crippen LogP contribution in [-0.2, 0) is 16.2 Å². The molecule has 0 aliphatic carbocycles. The van der Waals surface area contributed by atoms with Crippen LogP contribution < -0.4 is 4.74 Å². The van der Waals surface area contributed by atoms with E-state index in [1.165, 1.54) is 5.56 Å². The van der Waals surface area contributed by atoms with Gasteiger partial charge >= 0.3 is 0 Å². The molecule has 1 aromatic carbocycles. The first kappa shape index (κ1) is 24.5. The van der Waals surface area contributed by atoms with E-state index < -0.39 is 0 Å². The van der Waals surface area contributed by atoms with E-state index in [4.69, 9.17) is 9.72 Å². The third kappa shape index (κ3) is 5.79. The van der Waals surface area contributed by atoms with Crippen LogP contribution in [0.3, 0.4) is 0 Å². The number of ether oxygens (including phenoxy) is 1. The van der Waals surface area contributed by atoms with E-state index in [2.05, 4.69) is 85.5 Å². The molecule has 0 saturated carbocycles. The van der Waals surface area contributed by atoms with Crippen molar-refractivity contribution >= 4 is 0 Å². The Morgan fingerprint density at radius 3 is 1.85 bits per heavy atom. The van der Waals surface area contributed by atoms with Gasteiger partial charge in [0.15, 0.2) is 0 Å². The molecule has 0 bridgehead atoms. The van der Waals surface area contributed by atoms with E-state index in [0.29, 0.717) is 17.2 Å². The van der Waals surface area contributed by atoms with E-state index >= 15 is 0 Å². The number of benzene rings is 1. The molecule has 4 nitrogen and oxygen atoms in total. The van der Waals surface area contributed by atoms with Gasteiger partial charge in [-0.2, -0.15) is 5.26 Å². The fourth-order valence-corrected chi connectivity index (χ4v) is 3.44. The van der Waals surface area contributed by atoms with Crippen LogP contribution in [0, 0.1) is 11.3 Å². The van der Waals surface area contributed by atoms with Crippen molar-refractivity contribution in [3.63, 3.8) is 0 Å². The smallest absolute Gasteiger partial charge is 0.220 e. The second-order valence-electron chi connectivity index (χ2n) is 11.7. The Balaban J connectivity index is 2.10. The number of rotatable bonds is 3. The van der Waals surface area contributed by atoms with Gasteiger partial charge in [-0.25, -0.2) is 4.98 Å². The molecule has 33 heavy (non-hydrogen) atoms. The lowest BCUT2D eigenvalue weighted by Gasteiger charge is -2.22. The number of hydrogen-bond acceptors (Lipinski definition) is 4. The molecule has 0 spiro atoms. The van der Waals surface area contributed by atoms with Crippen molar-refractivity contribution in [2.45, 2.75) is 78.6 Å². The molecule has 2 aromatic heterocycles. The molecule has 0 amide bonds. The summed E-state index contributed by atoms with van der Waals surface area (Å²) < 4.78 is 6.20. The molecular formula is C29H35N3O. The standard InChI is InChI=1S/C29H35N3O/c1-27(2,3)20-10-11-25(19(14-20)18-30)33-26-17-22(29(7,8)9)16-24(32-26)23-15-21(12-13-31-23)28(4,5)6/h10-17H,1-9H3. The number of nitrogens with zero attached hydrogens (tertiary/aromatic N) is 3. The van der Waals surface area contributed by atoms with E-state index in [1.54, 1.807) is 0 Å². The maximum absolute atomic E-state index is 9.75. The van der Waals surface area contributed by atoms with Crippen LogP contribution in [0.1, 0.15) is 84.6 Å². The first-order valence-corrected chi connectivity index (χ1v) is 11.4. The minimum atomic E-state index is -0.106. The van der Waals surface area contributed by atoms with E-state index in [0.717, 1.165) is 22.5 Å². The Morgan fingerprint density at radius 2 is 1.27 bits per heavy atom. The summed E-state index contributed by atoms with van der Waals surface area (Å²) in [6.45, 7) is 19.4. The zero-order chi connectivity index (χ0) is 24.6. The van der Waals surface area contributed by atoms with Crippen molar-refractivity contribution in [3.05, 3.63) is 70.9 Å². The number of pyridine rings is 2. The summed E-state index contributed by atoms with van der Waals surface area (Å²) in [4.78, 5) is 9.38. The van der Waals surface area contributed by atoms with Gasteiger partial charge in [-0.15, -0.1) is 0 Å². The third-order valence-electron chi connectivity index (χ3n) is 5.74. The minimum Gasteiger partial charge on any atom is -0.438 e. The van der Waals surface area contributed by atoms with Crippen molar-refractivity contribution in [3.8, 4) is 29.1 Å². The highest BCUT2D eigenvalue weighted by Gasteiger charge is 2.21.